The molecular weight excluding hydrogens is 223 g/mol. The lowest BCUT2D eigenvalue weighted by molar-refractivity contribution is -0.109. The van der Waals surface area contributed by atoms with Crippen LogP contribution in [0.4, 0.5) is 0 Å². The largest absolute Gasteiger partial charge is 0.351 e. The average Bonchev–Trinajstić information content (AvgIpc) is 2.43. The van der Waals surface area contributed by atoms with E-state index in [2.05, 4.69) is 4.90 Å². The first kappa shape index (κ1) is 13.3. The Morgan fingerprint density at radius 3 is 2.44 bits per heavy atom. The summed E-state index contributed by atoms with van der Waals surface area (Å²) in [5, 5.41) is 0. The second kappa shape index (κ2) is 6.71. The Morgan fingerprint density at radius 1 is 1.17 bits per heavy atom. The molecule has 2 radical (unpaired) electrons. The highest BCUT2D eigenvalue weighted by atomic mass is 16.1. The van der Waals surface area contributed by atoms with Gasteiger partial charge in [0.25, 0.3) is 0 Å². The van der Waals surface area contributed by atoms with Gasteiger partial charge in [-0.1, -0.05) is 30.3 Å². The maximum absolute atomic E-state index is 11.2. The maximum Gasteiger partial charge on any atom is 0.182 e. The van der Waals surface area contributed by atoms with Crippen molar-refractivity contribution in [2.24, 2.45) is 0 Å². The topological polar surface area (TPSA) is 23.6 Å². The molecule has 94 valence electrons. The third kappa shape index (κ3) is 3.69. The summed E-state index contributed by atoms with van der Waals surface area (Å²) in [6.45, 7) is 4.79. The van der Waals surface area contributed by atoms with E-state index >= 15 is 0 Å². The number of rotatable bonds is 5. The first-order valence-electron chi connectivity index (χ1n) is 6.52. The summed E-state index contributed by atoms with van der Waals surface area (Å²) in [5.41, 5.74) is 1.12. The van der Waals surface area contributed by atoms with Gasteiger partial charge < -0.3 is 14.5 Å². The van der Waals surface area contributed by atoms with Gasteiger partial charge in [-0.3, -0.25) is 0 Å². The molecular formula is C14H19BN2O. The van der Waals surface area contributed by atoms with E-state index in [9.17, 15) is 4.79 Å². The standard InChI is InChI=1S/C14H19BN2O/c15-17-10-8-16(9-11-17)7-6-14(12-18)13-4-2-1-3-5-13/h1-5,12,14H,6-11H2. The monoisotopic (exact) mass is 242 g/mol. The van der Waals surface area contributed by atoms with Crippen LogP contribution >= 0.6 is 0 Å². The van der Waals surface area contributed by atoms with Gasteiger partial charge in [-0.05, 0) is 31.6 Å². The molecule has 0 aliphatic carbocycles. The van der Waals surface area contributed by atoms with Gasteiger partial charge >= 0.3 is 0 Å². The zero-order valence-electron chi connectivity index (χ0n) is 10.7. The Morgan fingerprint density at radius 2 is 1.83 bits per heavy atom. The van der Waals surface area contributed by atoms with Crippen LogP contribution in [0.5, 0.6) is 0 Å². The number of piperazine rings is 1. The number of hydrogen-bond donors (Lipinski definition) is 0. The second-order valence-electron chi connectivity index (χ2n) is 4.82. The fraction of sp³-hybridized carbons (Fsp3) is 0.500. The minimum absolute atomic E-state index is 0.0158. The van der Waals surface area contributed by atoms with Gasteiger partial charge in [0.15, 0.2) is 7.98 Å². The van der Waals surface area contributed by atoms with E-state index in [1.165, 1.54) is 0 Å². The van der Waals surface area contributed by atoms with Crippen molar-refractivity contribution in [2.45, 2.75) is 12.3 Å². The Kier molecular flexibility index (Phi) is 4.96. The Labute approximate surface area is 110 Å². The molecule has 0 spiro atoms. The molecule has 4 heteroatoms. The molecule has 1 aliphatic heterocycles. The minimum atomic E-state index is 0.0158. The molecule has 1 aromatic carbocycles. The number of carbonyl (C=O) groups is 1. The number of carbonyl (C=O) groups excluding carboxylic acids is 1. The average molecular weight is 242 g/mol. The SMILES string of the molecule is [B]N1CCN(CCC(C=O)c2ccccc2)CC1. The molecule has 1 heterocycles. The van der Waals surface area contributed by atoms with Crippen LogP contribution in [-0.4, -0.2) is 56.7 Å². The quantitative estimate of drug-likeness (QED) is 0.569. The Bertz CT molecular complexity index is 363. The van der Waals surface area contributed by atoms with Crippen molar-refractivity contribution in [2.75, 3.05) is 32.7 Å². The van der Waals surface area contributed by atoms with E-state index in [-0.39, 0.29) is 5.92 Å². The molecule has 1 unspecified atom stereocenters. The van der Waals surface area contributed by atoms with E-state index in [4.69, 9.17) is 7.98 Å². The summed E-state index contributed by atoms with van der Waals surface area (Å²) in [7, 11) is 5.72. The third-order valence-corrected chi connectivity index (χ3v) is 3.56. The molecule has 1 saturated heterocycles. The van der Waals surface area contributed by atoms with E-state index in [1.54, 1.807) is 0 Å². The molecule has 1 aliphatic rings. The summed E-state index contributed by atoms with van der Waals surface area (Å²) in [6, 6.07) is 10.00. The molecule has 0 aromatic heterocycles. The number of hydrogen-bond acceptors (Lipinski definition) is 3. The van der Waals surface area contributed by atoms with Crippen molar-refractivity contribution in [3.05, 3.63) is 35.9 Å². The third-order valence-electron chi connectivity index (χ3n) is 3.56. The van der Waals surface area contributed by atoms with Crippen LogP contribution in [0.25, 0.3) is 0 Å². The molecule has 1 aromatic rings. The van der Waals surface area contributed by atoms with Gasteiger partial charge in [0, 0.05) is 19.0 Å². The van der Waals surface area contributed by atoms with E-state index < -0.39 is 0 Å². The summed E-state index contributed by atoms with van der Waals surface area (Å²) in [4.78, 5) is 15.4. The lowest BCUT2D eigenvalue weighted by Crippen LogP contribution is -2.45. The molecule has 0 amide bonds. The van der Waals surface area contributed by atoms with Gasteiger partial charge in [0.05, 0.1) is 0 Å². The lowest BCUT2D eigenvalue weighted by atomic mass is 9.97. The van der Waals surface area contributed by atoms with Crippen LogP contribution in [0, 0.1) is 0 Å². The Balaban J connectivity index is 1.83. The van der Waals surface area contributed by atoms with E-state index in [0.29, 0.717) is 0 Å². The van der Waals surface area contributed by atoms with Crippen LogP contribution < -0.4 is 0 Å². The Hall–Kier alpha value is -1.13. The number of nitrogens with zero attached hydrogens (tertiary/aromatic N) is 2. The smallest absolute Gasteiger partial charge is 0.182 e. The van der Waals surface area contributed by atoms with Gasteiger partial charge in [0.1, 0.15) is 6.29 Å². The van der Waals surface area contributed by atoms with Gasteiger partial charge in [-0.25, -0.2) is 0 Å². The molecule has 1 fully saturated rings. The van der Waals surface area contributed by atoms with Gasteiger partial charge in [-0.15, -0.1) is 0 Å². The summed E-state index contributed by atoms with van der Waals surface area (Å²) >= 11 is 0. The van der Waals surface area contributed by atoms with Crippen molar-refractivity contribution < 1.29 is 4.79 Å². The molecule has 18 heavy (non-hydrogen) atoms. The zero-order valence-corrected chi connectivity index (χ0v) is 10.7. The number of aldehydes is 1. The predicted octanol–water partition coefficient (Wildman–Crippen LogP) is 1.06. The first-order valence-corrected chi connectivity index (χ1v) is 6.52. The highest BCUT2D eigenvalue weighted by Gasteiger charge is 2.16. The summed E-state index contributed by atoms with van der Waals surface area (Å²) in [6.07, 6.45) is 1.95. The van der Waals surface area contributed by atoms with Crippen molar-refractivity contribution in [1.82, 2.24) is 9.71 Å². The summed E-state index contributed by atoms with van der Waals surface area (Å²) in [5.74, 6) is 0.0158. The molecule has 0 N–H and O–H groups in total. The normalized spacial score (nSPS) is 19.6. The number of benzene rings is 1. The fourth-order valence-electron chi connectivity index (χ4n) is 2.32. The minimum Gasteiger partial charge on any atom is -0.351 e. The van der Waals surface area contributed by atoms with Crippen LogP contribution in [0.2, 0.25) is 0 Å². The molecule has 0 saturated carbocycles. The van der Waals surface area contributed by atoms with Gasteiger partial charge in [0.2, 0.25) is 0 Å². The molecule has 1 atom stereocenters. The van der Waals surface area contributed by atoms with Crippen LogP contribution in [0.3, 0.4) is 0 Å². The van der Waals surface area contributed by atoms with Crippen molar-refractivity contribution in [3.8, 4) is 0 Å². The first-order chi connectivity index (χ1) is 8.79. The maximum atomic E-state index is 11.2. The summed E-state index contributed by atoms with van der Waals surface area (Å²) < 4.78 is 0. The molecule has 2 rings (SSSR count). The highest BCUT2D eigenvalue weighted by Crippen LogP contribution is 2.17. The van der Waals surface area contributed by atoms with Gasteiger partial charge in [-0.2, -0.15) is 0 Å². The van der Waals surface area contributed by atoms with Crippen LogP contribution in [0.15, 0.2) is 30.3 Å². The van der Waals surface area contributed by atoms with Crippen molar-refractivity contribution in [1.29, 1.82) is 0 Å². The van der Waals surface area contributed by atoms with Crippen molar-refractivity contribution >= 4 is 14.3 Å². The van der Waals surface area contributed by atoms with E-state index in [1.807, 2.05) is 35.1 Å². The lowest BCUT2D eigenvalue weighted by Gasteiger charge is -2.33. The van der Waals surface area contributed by atoms with Crippen LogP contribution in [0.1, 0.15) is 17.9 Å². The highest BCUT2D eigenvalue weighted by molar-refractivity contribution is 6.04. The molecule has 3 nitrogen and oxygen atoms in total. The zero-order chi connectivity index (χ0) is 12.8. The van der Waals surface area contributed by atoms with E-state index in [0.717, 1.165) is 51.0 Å². The second-order valence-corrected chi connectivity index (χ2v) is 4.82. The molecule has 0 bridgehead atoms. The van der Waals surface area contributed by atoms with Crippen LogP contribution in [-0.2, 0) is 4.79 Å². The predicted molar refractivity (Wildman–Crippen MR) is 73.6 cm³/mol. The fourth-order valence-corrected chi connectivity index (χ4v) is 2.32. The van der Waals surface area contributed by atoms with Crippen molar-refractivity contribution in [3.63, 3.8) is 0 Å².